The van der Waals surface area contributed by atoms with Gasteiger partial charge < -0.3 is 5.11 Å². The number of carbonyl (C=O) groups is 2. The molecule has 2 rings (SSSR count). The number of allylic oxidation sites excluding steroid dienone is 1. The van der Waals surface area contributed by atoms with Crippen LogP contribution in [0.3, 0.4) is 0 Å². The summed E-state index contributed by atoms with van der Waals surface area (Å²) in [5, 5.41) is 8.63. The fourth-order valence-electron chi connectivity index (χ4n) is 2.17. The molecule has 0 aromatic heterocycles. The van der Waals surface area contributed by atoms with Crippen LogP contribution >= 0.6 is 11.8 Å². The Morgan fingerprint density at radius 2 is 1.84 bits per heavy atom. The Morgan fingerprint density at radius 1 is 1.16 bits per heavy atom. The van der Waals surface area contributed by atoms with E-state index in [4.69, 9.17) is 5.11 Å². The molecule has 2 aromatic rings. The average Bonchev–Trinajstić information content (AvgIpc) is 2.58. The van der Waals surface area contributed by atoms with E-state index in [0.29, 0.717) is 5.92 Å². The number of ketones is 1. The minimum Gasteiger partial charge on any atom is -0.481 e. The van der Waals surface area contributed by atoms with Crippen LogP contribution in [0, 0.1) is 5.82 Å². The molecule has 0 bridgehead atoms. The zero-order valence-electron chi connectivity index (χ0n) is 14.0. The number of rotatable bonds is 7. The second-order valence-corrected chi connectivity index (χ2v) is 6.86. The van der Waals surface area contributed by atoms with Crippen molar-refractivity contribution in [2.24, 2.45) is 0 Å². The van der Waals surface area contributed by atoms with Gasteiger partial charge in [-0.1, -0.05) is 44.2 Å². The third-order valence-electron chi connectivity index (χ3n) is 3.60. The summed E-state index contributed by atoms with van der Waals surface area (Å²) < 4.78 is 14.0. The first kappa shape index (κ1) is 18.9. The molecule has 0 radical (unpaired) electrons. The summed E-state index contributed by atoms with van der Waals surface area (Å²) >= 11 is 0.886. The molecule has 0 aliphatic carbocycles. The SMILES string of the molecule is CC(C)c1ccc(/C=C/C(=O)c2ccc(SCC(=O)O)c(F)c2)cc1. The molecule has 0 heterocycles. The van der Waals surface area contributed by atoms with Gasteiger partial charge in [-0.3, -0.25) is 9.59 Å². The maximum Gasteiger partial charge on any atom is 0.313 e. The van der Waals surface area contributed by atoms with E-state index < -0.39 is 11.8 Å². The molecule has 0 amide bonds. The highest BCUT2D eigenvalue weighted by molar-refractivity contribution is 8.00. The minimum atomic E-state index is -1.02. The Hall–Kier alpha value is -2.40. The fourth-order valence-corrected chi connectivity index (χ4v) is 2.81. The molecule has 5 heteroatoms. The van der Waals surface area contributed by atoms with Gasteiger partial charge in [-0.05, 0) is 41.3 Å². The van der Waals surface area contributed by atoms with Crippen molar-refractivity contribution in [2.45, 2.75) is 24.7 Å². The maximum atomic E-state index is 14.0. The first-order chi connectivity index (χ1) is 11.9. The molecule has 130 valence electrons. The highest BCUT2D eigenvalue weighted by Gasteiger charge is 2.09. The topological polar surface area (TPSA) is 54.4 Å². The van der Waals surface area contributed by atoms with E-state index in [1.807, 2.05) is 24.3 Å². The van der Waals surface area contributed by atoms with Gasteiger partial charge in [0.2, 0.25) is 0 Å². The summed E-state index contributed by atoms with van der Waals surface area (Å²) in [6.45, 7) is 4.22. The van der Waals surface area contributed by atoms with Crippen molar-refractivity contribution < 1.29 is 19.1 Å². The predicted molar refractivity (Wildman–Crippen MR) is 98.7 cm³/mol. The highest BCUT2D eigenvalue weighted by atomic mass is 32.2. The van der Waals surface area contributed by atoms with Crippen LogP contribution in [0.2, 0.25) is 0 Å². The number of hydrogen-bond donors (Lipinski definition) is 1. The van der Waals surface area contributed by atoms with Crippen LogP contribution in [0.5, 0.6) is 0 Å². The molecule has 0 aliphatic heterocycles. The van der Waals surface area contributed by atoms with Gasteiger partial charge in [0.05, 0.1) is 5.75 Å². The number of aliphatic carboxylic acids is 1. The number of carboxylic acid groups (broad SMARTS) is 1. The van der Waals surface area contributed by atoms with E-state index >= 15 is 0 Å². The molecule has 0 aliphatic rings. The van der Waals surface area contributed by atoms with Crippen LogP contribution in [-0.2, 0) is 4.79 Å². The van der Waals surface area contributed by atoms with Crippen molar-refractivity contribution in [3.8, 4) is 0 Å². The van der Waals surface area contributed by atoms with E-state index in [9.17, 15) is 14.0 Å². The summed E-state index contributed by atoms with van der Waals surface area (Å²) in [4.78, 5) is 22.9. The lowest BCUT2D eigenvalue weighted by atomic mass is 10.0. The highest BCUT2D eigenvalue weighted by Crippen LogP contribution is 2.23. The molecule has 0 atom stereocenters. The molecule has 0 saturated heterocycles. The second-order valence-electron chi connectivity index (χ2n) is 5.85. The number of carbonyl (C=O) groups excluding carboxylic acids is 1. The zero-order valence-corrected chi connectivity index (χ0v) is 14.8. The van der Waals surface area contributed by atoms with Gasteiger partial charge in [0.15, 0.2) is 5.78 Å². The van der Waals surface area contributed by atoms with Crippen molar-refractivity contribution in [1.29, 1.82) is 0 Å². The lowest BCUT2D eigenvalue weighted by molar-refractivity contribution is -0.133. The smallest absolute Gasteiger partial charge is 0.313 e. The summed E-state index contributed by atoms with van der Waals surface area (Å²) in [6, 6.07) is 12.0. The molecule has 1 N–H and O–H groups in total. The number of carboxylic acids is 1. The van der Waals surface area contributed by atoms with Crippen molar-refractivity contribution in [3.63, 3.8) is 0 Å². The van der Waals surface area contributed by atoms with E-state index in [1.54, 1.807) is 6.08 Å². The predicted octanol–water partition coefficient (Wildman–Crippen LogP) is 5.02. The van der Waals surface area contributed by atoms with E-state index in [2.05, 4.69) is 13.8 Å². The van der Waals surface area contributed by atoms with Crippen LogP contribution in [0.25, 0.3) is 6.08 Å². The quantitative estimate of drug-likeness (QED) is 0.429. The van der Waals surface area contributed by atoms with E-state index in [0.717, 1.165) is 23.4 Å². The van der Waals surface area contributed by atoms with Crippen molar-refractivity contribution in [3.05, 3.63) is 71.0 Å². The molecule has 2 aromatic carbocycles. The van der Waals surface area contributed by atoms with E-state index in [-0.39, 0.29) is 22.0 Å². The van der Waals surface area contributed by atoms with Gasteiger partial charge >= 0.3 is 5.97 Å². The van der Waals surface area contributed by atoms with Crippen molar-refractivity contribution in [1.82, 2.24) is 0 Å². The average molecular weight is 358 g/mol. The molecule has 0 spiro atoms. The van der Waals surface area contributed by atoms with Gasteiger partial charge in [0, 0.05) is 10.5 Å². The lowest BCUT2D eigenvalue weighted by Crippen LogP contribution is -2.00. The Bertz CT molecular complexity index is 795. The van der Waals surface area contributed by atoms with E-state index in [1.165, 1.54) is 23.8 Å². The summed E-state index contributed by atoms with van der Waals surface area (Å²) in [5.41, 5.74) is 2.35. The standard InChI is InChI=1S/C20H19FO3S/c1-13(2)15-6-3-14(4-7-15)5-9-18(22)16-8-10-19(17(21)11-16)25-12-20(23)24/h3-11,13H,12H2,1-2H3,(H,23,24)/b9-5+. The minimum absolute atomic E-state index is 0.215. The van der Waals surface area contributed by atoms with Crippen LogP contribution in [0.4, 0.5) is 4.39 Å². The third kappa shape index (κ3) is 5.57. The third-order valence-corrected chi connectivity index (χ3v) is 4.63. The number of halogens is 1. The normalized spacial score (nSPS) is 11.2. The molecular weight excluding hydrogens is 339 g/mol. The summed E-state index contributed by atoms with van der Waals surface area (Å²) in [5.74, 6) is -1.69. The number of thioether (sulfide) groups is 1. The van der Waals surface area contributed by atoms with Crippen molar-refractivity contribution in [2.75, 3.05) is 5.75 Å². The number of hydrogen-bond acceptors (Lipinski definition) is 3. The zero-order chi connectivity index (χ0) is 18.4. The lowest BCUT2D eigenvalue weighted by Gasteiger charge is -2.05. The number of benzene rings is 2. The van der Waals surface area contributed by atoms with Crippen LogP contribution in [0.15, 0.2) is 53.4 Å². The van der Waals surface area contributed by atoms with Crippen molar-refractivity contribution >= 4 is 29.6 Å². The Morgan fingerprint density at radius 3 is 2.40 bits per heavy atom. The van der Waals surface area contributed by atoms with Gasteiger partial charge in [0.1, 0.15) is 5.82 Å². The molecule has 3 nitrogen and oxygen atoms in total. The summed E-state index contributed by atoms with van der Waals surface area (Å²) in [7, 11) is 0. The molecular formula is C20H19FO3S. The van der Waals surface area contributed by atoms with Gasteiger partial charge in [-0.2, -0.15) is 0 Å². The molecule has 0 unspecified atom stereocenters. The van der Waals surface area contributed by atoms with Gasteiger partial charge in [0.25, 0.3) is 0 Å². The molecule has 25 heavy (non-hydrogen) atoms. The largest absolute Gasteiger partial charge is 0.481 e. The van der Waals surface area contributed by atoms with Crippen LogP contribution in [-0.4, -0.2) is 22.6 Å². The Balaban J connectivity index is 2.07. The van der Waals surface area contributed by atoms with Gasteiger partial charge in [-0.25, -0.2) is 4.39 Å². The summed E-state index contributed by atoms with van der Waals surface area (Å²) in [6.07, 6.45) is 3.10. The van der Waals surface area contributed by atoms with Gasteiger partial charge in [-0.15, -0.1) is 11.8 Å². The monoisotopic (exact) mass is 358 g/mol. The Labute approximate surface area is 150 Å². The maximum absolute atomic E-state index is 14.0. The molecule has 0 saturated carbocycles. The second kappa shape index (κ2) is 8.62. The fraction of sp³-hybridized carbons (Fsp3) is 0.200. The Kier molecular flexibility index (Phi) is 6.53. The first-order valence-electron chi connectivity index (χ1n) is 7.83. The molecule has 0 fully saturated rings. The first-order valence-corrected chi connectivity index (χ1v) is 8.82. The van der Waals surface area contributed by atoms with Crippen LogP contribution < -0.4 is 0 Å². The van der Waals surface area contributed by atoms with Crippen LogP contribution in [0.1, 0.15) is 41.3 Å².